The molecule has 2 atom stereocenters. The summed E-state index contributed by atoms with van der Waals surface area (Å²) >= 11 is 0. The lowest BCUT2D eigenvalue weighted by Gasteiger charge is -2.12. The summed E-state index contributed by atoms with van der Waals surface area (Å²) in [6.07, 6.45) is 1.22. The van der Waals surface area contributed by atoms with Crippen molar-refractivity contribution in [3.63, 3.8) is 0 Å². The van der Waals surface area contributed by atoms with Crippen molar-refractivity contribution in [1.82, 2.24) is 10.6 Å². The van der Waals surface area contributed by atoms with Crippen molar-refractivity contribution >= 4 is 24.2 Å². The second-order valence-electron chi connectivity index (χ2n) is 3.23. The average molecular weight is 222 g/mol. The predicted octanol–water partition coefficient (Wildman–Crippen LogP) is -0.992. The Kier molecular flexibility index (Phi) is 5.49. The van der Waals surface area contributed by atoms with Gasteiger partial charge in [-0.1, -0.05) is 0 Å². The van der Waals surface area contributed by atoms with Crippen LogP contribution in [-0.4, -0.2) is 31.4 Å². The van der Waals surface area contributed by atoms with E-state index in [0.717, 1.165) is 6.42 Å². The summed E-state index contributed by atoms with van der Waals surface area (Å²) in [6.45, 7) is 0.698. The quantitative estimate of drug-likeness (QED) is 0.572. The molecule has 82 valence electrons. The number of rotatable bonds is 3. The van der Waals surface area contributed by atoms with E-state index in [1.54, 1.807) is 0 Å². The Bertz CT molecular complexity index is 223. The van der Waals surface area contributed by atoms with E-state index in [-0.39, 0.29) is 30.1 Å². The van der Waals surface area contributed by atoms with Crippen LogP contribution < -0.4 is 16.4 Å². The van der Waals surface area contributed by atoms with Crippen LogP contribution in [0.2, 0.25) is 0 Å². The molecule has 14 heavy (non-hydrogen) atoms. The van der Waals surface area contributed by atoms with Gasteiger partial charge in [0.05, 0.1) is 6.04 Å². The first-order valence-corrected chi connectivity index (χ1v) is 4.40. The molecule has 4 N–H and O–H groups in total. The molecule has 0 radical (unpaired) electrons. The molecule has 0 aromatic carbocycles. The van der Waals surface area contributed by atoms with E-state index < -0.39 is 6.04 Å². The minimum Gasteiger partial charge on any atom is -0.358 e. The van der Waals surface area contributed by atoms with Crippen LogP contribution in [-0.2, 0) is 9.59 Å². The summed E-state index contributed by atoms with van der Waals surface area (Å²) in [6, 6.07) is -0.571. The third-order valence-corrected chi connectivity index (χ3v) is 2.28. The van der Waals surface area contributed by atoms with Gasteiger partial charge in [-0.2, -0.15) is 0 Å². The van der Waals surface area contributed by atoms with E-state index in [1.807, 2.05) is 0 Å². The van der Waals surface area contributed by atoms with Gasteiger partial charge in [0, 0.05) is 19.5 Å². The number of hydrogen-bond donors (Lipinski definition) is 3. The average Bonchev–Trinajstić information content (AvgIpc) is 2.50. The Balaban J connectivity index is 0.00000169. The lowest BCUT2D eigenvalue weighted by atomic mass is 9.98. The Morgan fingerprint density at radius 2 is 2.43 bits per heavy atom. The monoisotopic (exact) mass is 221 g/mol. The second-order valence-corrected chi connectivity index (χ2v) is 3.23. The SMILES string of the molecule is CNC(=O)[C@@H](N)C[C@@H]1CCNC1=O.Cl. The molecule has 1 fully saturated rings. The van der Waals surface area contributed by atoms with E-state index in [1.165, 1.54) is 7.05 Å². The zero-order valence-electron chi connectivity index (χ0n) is 8.08. The summed E-state index contributed by atoms with van der Waals surface area (Å²) in [5.41, 5.74) is 5.58. The van der Waals surface area contributed by atoms with E-state index >= 15 is 0 Å². The van der Waals surface area contributed by atoms with Gasteiger partial charge in [0.15, 0.2) is 0 Å². The first-order chi connectivity index (χ1) is 6.15. The first-order valence-electron chi connectivity index (χ1n) is 4.40. The number of carbonyl (C=O) groups excluding carboxylic acids is 2. The van der Waals surface area contributed by atoms with Gasteiger partial charge in [0.25, 0.3) is 0 Å². The van der Waals surface area contributed by atoms with Crippen LogP contribution in [0.3, 0.4) is 0 Å². The molecule has 1 saturated heterocycles. The van der Waals surface area contributed by atoms with Crippen LogP contribution in [0.1, 0.15) is 12.8 Å². The van der Waals surface area contributed by atoms with Crippen LogP contribution >= 0.6 is 12.4 Å². The van der Waals surface area contributed by atoms with Gasteiger partial charge in [-0.3, -0.25) is 9.59 Å². The maximum atomic E-state index is 11.1. The van der Waals surface area contributed by atoms with Gasteiger partial charge < -0.3 is 16.4 Å². The predicted molar refractivity (Wildman–Crippen MR) is 55.0 cm³/mol. The fraction of sp³-hybridized carbons (Fsp3) is 0.750. The zero-order chi connectivity index (χ0) is 9.84. The molecule has 0 bridgehead atoms. The summed E-state index contributed by atoms with van der Waals surface area (Å²) in [5.74, 6) is -0.286. The number of carbonyl (C=O) groups is 2. The highest BCUT2D eigenvalue weighted by Gasteiger charge is 2.27. The molecule has 6 heteroatoms. The Morgan fingerprint density at radius 3 is 2.86 bits per heavy atom. The van der Waals surface area contributed by atoms with Crippen molar-refractivity contribution in [2.24, 2.45) is 11.7 Å². The molecule has 1 heterocycles. The van der Waals surface area contributed by atoms with Gasteiger partial charge in [-0.25, -0.2) is 0 Å². The molecule has 0 aromatic heterocycles. The number of amides is 2. The second kappa shape index (κ2) is 5.82. The fourth-order valence-corrected chi connectivity index (χ4v) is 1.47. The summed E-state index contributed by atoms with van der Waals surface area (Å²) in [7, 11) is 1.54. The van der Waals surface area contributed by atoms with Crippen LogP contribution in [0, 0.1) is 5.92 Å². The highest BCUT2D eigenvalue weighted by atomic mass is 35.5. The van der Waals surface area contributed by atoms with Crippen molar-refractivity contribution < 1.29 is 9.59 Å². The number of nitrogens with two attached hydrogens (primary N) is 1. The molecule has 0 aromatic rings. The number of likely N-dealkylation sites (N-methyl/N-ethyl adjacent to an activating group) is 1. The third-order valence-electron chi connectivity index (χ3n) is 2.28. The molecular weight excluding hydrogens is 206 g/mol. The Hall–Kier alpha value is -0.810. The molecule has 0 spiro atoms. The molecule has 0 unspecified atom stereocenters. The largest absolute Gasteiger partial charge is 0.358 e. The zero-order valence-corrected chi connectivity index (χ0v) is 8.89. The number of nitrogens with one attached hydrogen (secondary N) is 2. The van der Waals surface area contributed by atoms with Gasteiger partial charge in [-0.15, -0.1) is 12.4 Å². The van der Waals surface area contributed by atoms with Gasteiger partial charge in [0.1, 0.15) is 0 Å². The first kappa shape index (κ1) is 13.2. The molecule has 1 aliphatic heterocycles. The van der Waals surface area contributed by atoms with Gasteiger partial charge in [0.2, 0.25) is 11.8 Å². The molecule has 5 nitrogen and oxygen atoms in total. The van der Waals surface area contributed by atoms with Crippen molar-refractivity contribution in [3.8, 4) is 0 Å². The molecule has 0 aliphatic carbocycles. The van der Waals surface area contributed by atoms with Crippen molar-refractivity contribution in [3.05, 3.63) is 0 Å². The minimum atomic E-state index is -0.571. The van der Waals surface area contributed by atoms with E-state index in [0.29, 0.717) is 13.0 Å². The van der Waals surface area contributed by atoms with Crippen LogP contribution in [0.5, 0.6) is 0 Å². The van der Waals surface area contributed by atoms with E-state index in [4.69, 9.17) is 5.73 Å². The lowest BCUT2D eigenvalue weighted by molar-refractivity contribution is -0.124. The Labute approximate surface area is 89.2 Å². The maximum absolute atomic E-state index is 11.1. The smallest absolute Gasteiger partial charge is 0.236 e. The lowest BCUT2D eigenvalue weighted by Crippen LogP contribution is -2.40. The highest BCUT2D eigenvalue weighted by molar-refractivity contribution is 5.85. The van der Waals surface area contributed by atoms with Crippen LogP contribution in [0.25, 0.3) is 0 Å². The molecule has 2 amide bonds. The van der Waals surface area contributed by atoms with E-state index in [9.17, 15) is 9.59 Å². The topological polar surface area (TPSA) is 84.2 Å². The molecular formula is C8H16ClN3O2. The number of hydrogen-bond acceptors (Lipinski definition) is 3. The molecule has 0 saturated carbocycles. The third kappa shape index (κ3) is 3.16. The van der Waals surface area contributed by atoms with Gasteiger partial charge in [-0.05, 0) is 12.8 Å². The summed E-state index contributed by atoms with van der Waals surface area (Å²) < 4.78 is 0. The summed E-state index contributed by atoms with van der Waals surface area (Å²) in [4.78, 5) is 22.2. The molecule has 1 aliphatic rings. The Morgan fingerprint density at radius 1 is 1.79 bits per heavy atom. The maximum Gasteiger partial charge on any atom is 0.236 e. The fourth-order valence-electron chi connectivity index (χ4n) is 1.47. The van der Waals surface area contributed by atoms with Crippen molar-refractivity contribution in [2.45, 2.75) is 18.9 Å². The van der Waals surface area contributed by atoms with Crippen molar-refractivity contribution in [1.29, 1.82) is 0 Å². The van der Waals surface area contributed by atoms with E-state index in [2.05, 4.69) is 10.6 Å². The standard InChI is InChI=1S/C8H15N3O2.ClH/c1-10-8(13)6(9)4-5-2-3-11-7(5)12;/h5-6H,2-4,9H2,1H3,(H,10,13)(H,11,12);1H/t5-,6-;/m0./s1. The summed E-state index contributed by atoms with van der Waals surface area (Å²) in [5, 5.41) is 5.16. The number of halogens is 1. The van der Waals surface area contributed by atoms with Crippen LogP contribution in [0.4, 0.5) is 0 Å². The van der Waals surface area contributed by atoms with Crippen LogP contribution in [0.15, 0.2) is 0 Å². The normalized spacial score (nSPS) is 22.1. The highest BCUT2D eigenvalue weighted by Crippen LogP contribution is 2.14. The minimum absolute atomic E-state index is 0. The van der Waals surface area contributed by atoms with Gasteiger partial charge >= 0.3 is 0 Å². The molecule has 1 rings (SSSR count). The van der Waals surface area contributed by atoms with Crippen molar-refractivity contribution in [2.75, 3.05) is 13.6 Å².